The fraction of sp³-hybridized carbons (Fsp3) is 0.240. The lowest BCUT2D eigenvalue weighted by molar-refractivity contribution is 0.0654. The first-order valence-electron chi connectivity index (χ1n) is 10.9. The van der Waals surface area contributed by atoms with Crippen LogP contribution in [0.4, 0.5) is 0 Å². The quantitative estimate of drug-likeness (QED) is 0.363. The smallest absolute Gasteiger partial charge is 0.267 e. The van der Waals surface area contributed by atoms with Crippen molar-refractivity contribution in [1.29, 1.82) is 0 Å². The van der Waals surface area contributed by atoms with Gasteiger partial charge in [0.15, 0.2) is 0 Å². The molecule has 9 heteroatoms. The number of amides is 1. The van der Waals surface area contributed by atoms with Crippen molar-refractivity contribution in [2.45, 2.75) is 13.5 Å². The van der Waals surface area contributed by atoms with E-state index in [9.17, 15) is 4.79 Å². The largest absolute Gasteiger partial charge is 0.382 e. The first-order valence-corrected chi connectivity index (χ1v) is 10.9. The van der Waals surface area contributed by atoms with Crippen molar-refractivity contribution in [2.24, 2.45) is 5.73 Å². The summed E-state index contributed by atoms with van der Waals surface area (Å²) in [7, 11) is 1.64. The zero-order valence-corrected chi connectivity index (χ0v) is 19.1. The zero-order valence-electron chi connectivity index (χ0n) is 19.1. The molecule has 4 aromatic heterocycles. The zero-order chi connectivity index (χ0) is 23.9. The monoisotopic (exact) mass is 458 g/mol. The van der Waals surface area contributed by atoms with Gasteiger partial charge in [-0.05, 0) is 42.8 Å². The predicted molar refractivity (Wildman–Crippen MR) is 128 cm³/mol. The van der Waals surface area contributed by atoms with Gasteiger partial charge < -0.3 is 15.2 Å². The molecule has 0 bridgehead atoms. The predicted octanol–water partition coefficient (Wildman–Crippen LogP) is 3.14. The maximum atomic E-state index is 11.9. The van der Waals surface area contributed by atoms with E-state index in [1.54, 1.807) is 26.4 Å². The summed E-state index contributed by atoms with van der Waals surface area (Å²) in [6, 6.07) is 13.1. The van der Waals surface area contributed by atoms with E-state index in [0.717, 1.165) is 22.4 Å². The molecule has 0 spiro atoms. The summed E-state index contributed by atoms with van der Waals surface area (Å²) in [4.78, 5) is 25.5. The van der Waals surface area contributed by atoms with Crippen LogP contribution >= 0.6 is 0 Å². The van der Waals surface area contributed by atoms with Crippen LogP contribution in [-0.4, -0.2) is 57.6 Å². The number of ether oxygens (including phenoxy) is 2. The van der Waals surface area contributed by atoms with Gasteiger partial charge in [-0.25, -0.2) is 4.98 Å². The Morgan fingerprint density at radius 2 is 1.79 bits per heavy atom. The number of hydrogen-bond donors (Lipinski definition) is 1. The Hall–Kier alpha value is -3.95. The number of nitrogens with two attached hydrogens (primary N) is 1. The van der Waals surface area contributed by atoms with Crippen molar-refractivity contribution < 1.29 is 14.3 Å². The van der Waals surface area contributed by atoms with Crippen molar-refractivity contribution in [3.63, 3.8) is 0 Å². The summed E-state index contributed by atoms with van der Waals surface area (Å²) in [5.74, 6) is -0.569. The number of carbonyl (C=O) groups excluding carboxylic acids is 1. The fourth-order valence-electron chi connectivity index (χ4n) is 3.56. The third-order valence-corrected chi connectivity index (χ3v) is 5.23. The van der Waals surface area contributed by atoms with Gasteiger partial charge in [-0.3, -0.25) is 19.4 Å². The minimum absolute atomic E-state index is 0.237. The third-order valence-electron chi connectivity index (χ3n) is 5.23. The topological polar surface area (TPSA) is 118 Å². The molecule has 174 valence electrons. The lowest BCUT2D eigenvalue weighted by Gasteiger charge is -2.10. The second kappa shape index (κ2) is 10.8. The molecule has 2 N–H and O–H groups in total. The molecular weight excluding hydrogens is 432 g/mol. The molecule has 0 saturated carbocycles. The minimum atomic E-state index is -0.569. The molecular formula is C25H26N6O3. The molecule has 0 aliphatic heterocycles. The van der Waals surface area contributed by atoms with Crippen molar-refractivity contribution in [3.8, 4) is 33.9 Å². The van der Waals surface area contributed by atoms with Crippen LogP contribution in [0.25, 0.3) is 33.9 Å². The van der Waals surface area contributed by atoms with Crippen LogP contribution in [0.5, 0.6) is 0 Å². The second-order valence-corrected chi connectivity index (χ2v) is 7.60. The average molecular weight is 459 g/mol. The highest BCUT2D eigenvalue weighted by Crippen LogP contribution is 2.35. The van der Waals surface area contributed by atoms with E-state index in [1.165, 1.54) is 0 Å². The molecule has 4 aromatic rings. The Balaban J connectivity index is 1.77. The van der Waals surface area contributed by atoms with Crippen molar-refractivity contribution in [3.05, 3.63) is 72.3 Å². The first-order chi connectivity index (χ1) is 16.6. The van der Waals surface area contributed by atoms with Crippen LogP contribution in [-0.2, 0) is 16.0 Å². The van der Waals surface area contributed by atoms with Gasteiger partial charge in [0.05, 0.1) is 43.4 Å². The highest BCUT2D eigenvalue weighted by molar-refractivity contribution is 5.93. The molecule has 0 unspecified atom stereocenters. The van der Waals surface area contributed by atoms with E-state index in [2.05, 4.69) is 15.0 Å². The minimum Gasteiger partial charge on any atom is -0.382 e. The van der Waals surface area contributed by atoms with Gasteiger partial charge in [0.1, 0.15) is 11.4 Å². The van der Waals surface area contributed by atoms with Crippen molar-refractivity contribution in [2.75, 3.05) is 26.9 Å². The fourth-order valence-corrected chi connectivity index (χ4v) is 3.56. The summed E-state index contributed by atoms with van der Waals surface area (Å²) in [5.41, 5.74) is 10.8. The summed E-state index contributed by atoms with van der Waals surface area (Å²) < 4.78 is 12.4. The average Bonchev–Trinajstić information content (AvgIpc) is 3.29. The second-order valence-electron chi connectivity index (χ2n) is 7.60. The Morgan fingerprint density at radius 1 is 0.941 bits per heavy atom. The van der Waals surface area contributed by atoms with E-state index in [0.29, 0.717) is 43.4 Å². The number of nitrogens with zero attached hydrogens (tertiary/aromatic N) is 5. The number of methoxy groups -OCH3 is 1. The number of rotatable bonds is 10. The number of aromatic nitrogens is 5. The lowest BCUT2D eigenvalue weighted by Crippen LogP contribution is -2.15. The summed E-state index contributed by atoms with van der Waals surface area (Å²) in [6.45, 7) is 3.91. The van der Waals surface area contributed by atoms with Gasteiger partial charge in [0.2, 0.25) is 0 Å². The highest BCUT2D eigenvalue weighted by Gasteiger charge is 2.20. The molecule has 1 amide bonds. The molecule has 34 heavy (non-hydrogen) atoms. The van der Waals surface area contributed by atoms with Crippen LogP contribution in [0, 0.1) is 6.92 Å². The third kappa shape index (κ3) is 5.16. The molecule has 4 rings (SSSR count). The number of carbonyl (C=O) groups is 1. The SMILES string of the molecule is COCCOCCn1cc(-c2ncccc2-c2ccc(C)c(C(N)=O)n2)c(-c2ccccn2)n1. The van der Waals surface area contributed by atoms with Gasteiger partial charge in [-0.2, -0.15) is 5.10 Å². The van der Waals surface area contributed by atoms with E-state index < -0.39 is 5.91 Å². The van der Waals surface area contributed by atoms with Crippen LogP contribution in [0.3, 0.4) is 0 Å². The highest BCUT2D eigenvalue weighted by atomic mass is 16.5. The molecule has 9 nitrogen and oxygen atoms in total. The van der Waals surface area contributed by atoms with Crippen LogP contribution in [0.2, 0.25) is 0 Å². The van der Waals surface area contributed by atoms with Gasteiger partial charge in [0, 0.05) is 36.8 Å². The molecule has 4 heterocycles. The van der Waals surface area contributed by atoms with E-state index in [-0.39, 0.29) is 5.69 Å². The lowest BCUT2D eigenvalue weighted by atomic mass is 10.0. The normalized spacial score (nSPS) is 11.0. The maximum Gasteiger partial charge on any atom is 0.267 e. The van der Waals surface area contributed by atoms with E-state index >= 15 is 0 Å². The van der Waals surface area contributed by atoms with Crippen molar-refractivity contribution in [1.82, 2.24) is 24.7 Å². The Labute approximate surface area is 197 Å². The van der Waals surface area contributed by atoms with Crippen LogP contribution in [0.1, 0.15) is 16.1 Å². The maximum absolute atomic E-state index is 11.9. The molecule has 0 radical (unpaired) electrons. The molecule has 0 saturated heterocycles. The van der Waals surface area contributed by atoms with Gasteiger partial charge in [-0.1, -0.05) is 12.1 Å². The van der Waals surface area contributed by atoms with Crippen LogP contribution < -0.4 is 5.73 Å². The number of pyridine rings is 3. The molecule has 0 aliphatic carbocycles. The summed E-state index contributed by atoms with van der Waals surface area (Å²) in [6.07, 6.45) is 5.38. The van der Waals surface area contributed by atoms with Gasteiger partial charge in [0.25, 0.3) is 5.91 Å². The summed E-state index contributed by atoms with van der Waals surface area (Å²) >= 11 is 0. The molecule has 0 aliphatic rings. The van der Waals surface area contributed by atoms with E-state index in [1.807, 2.05) is 53.3 Å². The van der Waals surface area contributed by atoms with Crippen molar-refractivity contribution >= 4 is 5.91 Å². The Morgan fingerprint density at radius 3 is 2.56 bits per heavy atom. The first kappa shape index (κ1) is 23.2. The molecule has 0 fully saturated rings. The van der Waals surface area contributed by atoms with Gasteiger partial charge in [-0.15, -0.1) is 0 Å². The number of primary amides is 1. The van der Waals surface area contributed by atoms with Crippen LogP contribution in [0.15, 0.2) is 61.1 Å². The Kier molecular flexibility index (Phi) is 7.36. The summed E-state index contributed by atoms with van der Waals surface area (Å²) in [5, 5.41) is 4.78. The van der Waals surface area contributed by atoms with Gasteiger partial charge >= 0.3 is 0 Å². The molecule has 0 atom stereocenters. The van der Waals surface area contributed by atoms with E-state index in [4.69, 9.17) is 20.3 Å². The standard InChI is InChI=1S/C25H26N6O3/c1-17-8-9-20(29-22(17)25(26)32)18-6-5-11-28-23(18)19-16-31(12-13-34-15-14-33-2)30-24(19)21-7-3-4-10-27-21/h3-11,16H,12-15H2,1-2H3,(H2,26,32). The number of hydrogen-bond acceptors (Lipinski definition) is 7. The molecule has 0 aromatic carbocycles. The number of aryl methyl sites for hydroxylation is 1. The Bertz CT molecular complexity index is 1270.